The molecule has 2 aromatic rings. The standard InChI is InChI=1S/C20H24N2O5S/c1-14-5-8-16(9-6-14)11-20(24)27-13-19(23)21-17-10-7-15(2)18(12-17)28(25,26)22(3)4/h5-10,12H,11,13H2,1-4H3,(H,21,23). The van der Waals surface area contributed by atoms with Crippen molar-refractivity contribution in [2.24, 2.45) is 0 Å². The summed E-state index contributed by atoms with van der Waals surface area (Å²) < 4.78 is 30.8. The number of carbonyl (C=O) groups is 2. The Labute approximate surface area is 165 Å². The minimum Gasteiger partial charge on any atom is -0.455 e. The van der Waals surface area contributed by atoms with Gasteiger partial charge >= 0.3 is 5.97 Å². The molecule has 0 fully saturated rings. The van der Waals surface area contributed by atoms with Crippen LogP contribution in [-0.4, -0.2) is 45.3 Å². The van der Waals surface area contributed by atoms with Crippen LogP contribution >= 0.6 is 0 Å². The third-order valence-electron chi connectivity index (χ3n) is 4.06. The van der Waals surface area contributed by atoms with Gasteiger partial charge in [-0.15, -0.1) is 0 Å². The molecular formula is C20H24N2O5S. The first-order valence-electron chi connectivity index (χ1n) is 8.64. The summed E-state index contributed by atoms with van der Waals surface area (Å²) in [7, 11) is -0.757. The van der Waals surface area contributed by atoms with E-state index >= 15 is 0 Å². The lowest BCUT2D eigenvalue weighted by Gasteiger charge is -2.15. The van der Waals surface area contributed by atoms with Gasteiger partial charge in [-0.05, 0) is 37.1 Å². The van der Waals surface area contributed by atoms with E-state index < -0.39 is 28.5 Å². The predicted octanol–water partition coefficient (Wildman–Crippen LogP) is 2.28. The van der Waals surface area contributed by atoms with Crippen molar-refractivity contribution in [1.82, 2.24) is 4.31 Å². The van der Waals surface area contributed by atoms with Crippen molar-refractivity contribution < 1.29 is 22.7 Å². The van der Waals surface area contributed by atoms with Gasteiger partial charge in [0.15, 0.2) is 6.61 Å². The van der Waals surface area contributed by atoms with E-state index in [0.717, 1.165) is 15.4 Å². The molecule has 150 valence electrons. The van der Waals surface area contributed by atoms with E-state index in [-0.39, 0.29) is 11.3 Å². The minimum absolute atomic E-state index is 0.0727. The topological polar surface area (TPSA) is 92.8 Å². The molecule has 8 heteroatoms. The number of sulfonamides is 1. The van der Waals surface area contributed by atoms with E-state index in [2.05, 4.69) is 5.32 Å². The molecule has 0 bridgehead atoms. The molecule has 0 atom stereocenters. The van der Waals surface area contributed by atoms with Crippen molar-refractivity contribution in [3.8, 4) is 0 Å². The lowest BCUT2D eigenvalue weighted by atomic mass is 10.1. The summed E-state index contributed by atoms with van der Waals surface area (Å²) in [5.74, 6) is -1.06. The molecule has 2 rings (SSSR count). The van der Waals surface area contributed by atoms with Crippen molar-refractivity contribution in [2.75, 3.05) is 26.0 Å². The number of aryl methyl sites for hydroxylation is 2. The highest BCUT2D eigenvalue weighted by molar-refractivity contribution is 7.89. The van der Waals surface area contributed by atoms with Gasteiger partial charge in [0.1, 0.15) is 0 Å². The molecule has 0 aliphatic rings. The summed E-state index contributed by atoms with van der Waals surface area (Å²) >= 11 is 0. The number of ether oxygens (including phenoxy) is 1. The predicted molar refractivity (Wildman–Crippen MR) is 107 cm³/mol. The Hall–Kier alpha value is -2.71. The summed E-state index contributed by atoms with van der Waals surface area (Å²) in [5, 5.41) is 2.55. The van der Waals surface area contributed by atoms with E-state index in [1.54, 1.807) is 19.1 Å². The second-order valence-electron chi connectivity index (χ2n) is 6.64. The van der Waals surface area contributed by atoms with Gasteiger partial charge < -0.3 is 10.1 Å². The number of nitrogens with one attached hydrogen (secondary N) is 1. The van der Waals surface area contributed by atoms with Crippen molar-refractivity contribution >= 4 is 27.6 Å². The SMILES string of the molecule is Cc1ccc(CC(=O)OCC(=O)Nc2ccc(C)c(S(=O)(=O)N(C)C)c2)cc1. The lowest BCUT2D eigenvalue weighted by Crippen LogP contribution is -2.24. The van der Waals surface area contributed by atoms with Crippen LogP contribution in [0.2, 0.25) is 0 Å². The fraction of sp³-hybridized carbons (Fsp3) is 0.300. The van der Waals surface area contributed by atoms with Crippen LogP contribution in [0.4, 0.5) is 5.69 Å². The number of esters is 1. The zero-order valence-electron chi connectivity index (χ0n) is 16.4. The first kappa shape index (κ1) is 21.6. The van der Waals surface area contributed by atoms with Gasteiger partial charge in [-0.3, -0.25) is 9.59 Å². The summed E-state index contributed by atoms with van der Waals surface area (Å²) in [6, 6.07) is 12.0. The molecule has 1 amide bonds. The lowest BCUT2D eigenvalue weighted by molar-refractivity contribution is -0.146. The maximum Gasteiger partial charge on any atom is 0.310 e. The van der Waals surface area contributed by atoms with E-state index in [4.69, 9.17) is 4.74 Å². The molecule has 0 heterocycles. The van der Waals surface area contributed by atoms with Crippen LogP contribution in [0.5, 0.6) is 0 Å². The van der Waals surface area contributed by atoms with Gasteiger partial charge in [-0.25, -0.2) is 12.7 Å². The Morgan fingerprint density at radius 1 is 1.04 bits per heavy atom. The van der Waals surface area contributed by atoms with Crippen molar-refractivity contribution in [2.45, 2.75) is 25.2 Å². The van der Waals surface area contributed by atoms with Crippen LogP contribution < -0.4 is 5.32 Å². The Bertz CT molecular complexity index is 967. The molecule has 0 spiro atoms. The number of benzene rings is 2. The first-order valence-corrected chi connectivity index (χ1v) is 10.1. The molecule has 0 aliphatic heterocycles. The van der Waals surface area contributed by atoms with Crippen LogP contribution in [0, 0.1) is 13.8 Å². The molecule has 0 radical (unpaired) electrons. The number of hydrogen-bond donors (Lipinski definition) is 1. The summed E-state index contributed by atoms with van der Waals surface area (Å²) in [6.07, 6.45) is 0.0727. The number of amides is 1. The van der Waals surface area contributed by atoms with Crippen LogP contribution in [-0.2, 0) is 30.8 Å². The van der Waals surface area contributed by atoms with Gasteiger partial charge in [-0.1, -0.05) is 35.9 Å². The molecular weight excluding hydrogens is 380 g/mol. The molecule has 7 nitrogen and oxygen atoms in total. The fourth-order valence-corrected chi connectivity index (χ4v) is 3.56. The van der Waals surface area contributed by atoms with Gasteiger partial charge in [0.05, 0.1) is 11.3 Å². The Morgan fingerprint density at radius 3 is 2.29 bits per heavy atom. The monoisotopic (exact) mass is 404 g/mol. The smallest absolute Gasteiger partial charge is 0.310 e. The van der Waals surface area contributed by atoms with Crippen molar-refractivity contribution in [3.05, 3.63) is 59.2 Å². The number of rotatable bonds is 7. The molecule has 2 aromatic carbocycles. The minimum atomic E-state index is -3.63. The third kappa shape index (κ3) is 5.64. The highest BCUT2D eigenvalue weighted by Crippen LogP contribution is 2.22. The van der Waals surface area contributed by atoms with Crippen LogP contribution in [0.25, 0.3) is 0 Å². The first-order chi connectivity index (χ1) is 13.1. The molecule has 0 saturated heterocycles. The maximum atomic E-state index is 12.3. The van der Waals surface area contributed by atoms with Crippen molar-refractivity contribution in [1.29, 1.82) is 0 Å². The molecule has 28 heavy (non-hydrogen) atoms. The molecule has 0 aliphatic carbocycles. The van der Waals surface area contributed by atoms with Crippen molar-refractivity contribution in [3.63, 3.8) is 0 Å². The van der Waals surface area contributed by atoms with E-state index in [1.165, 1.54) is 20.2 Å². The second kappa shape index (κ2) is 8.99. The Kier molecular flexibility index (Phi) is 6.93. The molecule has 0 aromatic heterocycles. The summed E-state index contributed by atoms with van der Waals surface area (Å²) in [6.45, 7) is 3.18. The zero-order valence-corrected chi connectivity index (χ0v) is 17.2. The molecule has 1 N–H and O–H groups in total. The van der Waals surface area contributed by atoms with Gasteiger partial charge in [0.2, 0.25) is 10.0 Å². The zero-order chi connectivity index (χ0) is 20.9. The number of hydrogen-bond acceptors (Lipinski definition) is 5. The molecule has 0 unspecified atom stereocenters. The number of carbonyl (C=O) groups excluding carboxylic acids is 2. The fourth-order valence-electron chi connectivity index (χ4n) is 2.42. The average Bonchev–Trinajstić information content (AvgIpc) is 2.63. The quantitative estimate of drug-likeness (QED) is 0.715. The number of anilines is 1. The van der Waals surface area contributed by atoms with E-state index in [0.29, 0.717) is 11.3 Å². The van der Waals surface area contributed by atoms with Crippen LogP contribution in [0.3, 0.4) is 0 Å². The van der Waals surface area contributed by atoms with Crippen LogP contribution in [0.15, 0.2) is 47.4 Å². The van der Waals surface area contributed by atoms with Gasteiger partial charge in [0.25, 0.3) is 5.91 Å². The van der Waals surface area contributed by atoms with E-state index in [9.17, 15) is 18.0 Å². The average molecular weight is 404 g/mol. The summed E-state index contributed by atoms with van der Waals surface area (Å²) in [4.78, 5) is 24.0. The highest BCUT2D eigenvalue weighted by atomic mass is 32.2. The van der Waals surface area contributed by atoms with E-state index in [1.807, 2.05) is 31.2 Å². The highest BCUT2D eigenvalue weighted by Gasteiger charge is 2.20. The molecule has 0 saturated carbocycles. The maximum absolute atomic E-state index is 12.3. The summed E-state index contributed by atoms with van der Waals surface area (Å²) in [5.41, 5.74) is 2.76. The Morgan fingerprint density at radius 2 is 1.68 bits per heavy atom. The number of nitrogens with zero attached hydrogens (tertiary/aromatic N) is 1. The van der Waals surface area contributed by atoms with Crippen LogP contribution in [0.1, 0.15) is 16.7 Å². The van der Waals surface area contributed by atoms with Gasteiger partial charge in [-0.2, -0.15) is 0 Å². The third-order valence-corrected chi connectivity index (χ3v) is 6.02. The van der Waals surface area contributed by atoms with Gasteiger partial charge in [0, 0.05) is 19.8 Å². The second-order valence-corrected chi connectivity index (χ2v) is 8.76. The normalized spacial score (nSPS) is 11.3. The Balaban J connectivity index is 1.96. The largest absolute Gasteiger partial charge is 0.455 e.